The Morgan fingerprint density at radius 1 is 1.30 bits per heavy atom. The Morgan fingerprint density at radius 3 is 2.55 bits per heavy atom. The molecule has 1 heterocycles. The van der Waals surface area contributed by atoms with E-state index in [9.17, 15) is 14.7 Å². The highest BCUT2D eigenvalue weighted by Gasteiger charge is 2.17. The molecule has 20 heavy (non-hydrogen) atoms. The van der Waals surface area contributed by atoms with E-state index < -0.39 is 11.9 Å². The number of aliphatic carboxylic acids is 1. The van der Waals surface area contributed by atoms with Gasteiger partial charge in [-0.15, -0.1) is 0 Å². The summed E-state index contributed by atoms with van der Waals surface area (Å²) in [4.78, 5) is 25.4. The van der Waals surface area contributed by atoms with E-state index in [1.54, 1.807) is 24.3 Å². The molecule has 1 aromatic carbocycles. The summed E-state index contributed by atoms with van der Waals surface area (Å²) in [7, 11) is 0. The predicted molar refractivity (Wildman–Crippen MR) is 66.0 cm³/mol. The zero-order valence-electron chi connectivity index (χ0n) is 10.5. The molecule has 0 amide bonds. The standard InChI is InChI=1S/C14H13NO5/c16-13(17)7-10(9-4-2-1-3-5-9)6-12-15-11(8-20-12)14(18)19/h1-5,8,10H,6-7H2,(H,16,17)(H,18,19)/p-1. The Kier molecular flexibility index (Phi) is 4.14. The molecule has 6 nitrogen and oxygen atoms in total. The Morgan fingerprint density at radius 2 is 2.00 bits per heavy atom. The second kappa shape index (κ2) is 6.01. The van der Waals surface area contributed by atoms with E-state index in [4.69, 9.17) is 9.52 Å². The molecule has 0 radical (unpaired) electrons. The number of nitrogens with zero attached hydrogens (tertiary/aromatic N) is 1. The van der Waals surface area contributed by atoms with Gasteiger partial charge in [0.25, 0.3) is 0 Å². The molecule has 0 saturated carbocycles. The van der Waals surface area contributed by atoms with Crippen LogP contribution in [-0.4, -0.2) is 22.0 Å². The lowest BCUT2D eigenvalue weighted by Crippen LogP contribution is -2.25. The van der Waals surface area contributed by atoms with Crippen LogP contribution in [0.1, 0.15) is 34.3 Å². The van der Waals surface area contributed by atoms with Crippen LogP contribution in [0.5, 0.6) is 0 Å². The number of hydrogen-bond donors (Lipinski definition) is 1. The van der Waals surface area contributed by atoms with Gasteiger partial charge in [-0.2, -0.15) is 0 Å². The van der Waals surface area contributed by atoms with Crippen molar-refractivity contribution in [2.24, 2.45) is 0 Å². The van der Waals surface area contributed by atoms with E-state index in [1.807, 2.05) is 6.07 Å². The van der Waals surface area contributed by atoms with E-state index in [-0.39, 0.29) is 30.3 Å². The number of carboxylic acids is 2. The van der Waals surface area contributed by atoms with Gasteiger partial charge in [0.05, 0.1) is 0 Å². The van der Waals surface area contributed by atoms with Gasteiger partial charge in [-0.1, -0.05) is 30.3 Å². The average molecular weight is 274 g/mol. The number of benzene rings is 1. The maximum Gasteiger partial charge on any atom is 0.357 e. The normalized spacial score (nSPS) is 12.0. The van der Waals surface area contributed by atoms with E-state index >= 15 is 0 Å². The fourth-order valence-corrected chi connectivity index (χ4v) is 1.95. The largest absolute Gasteiger partial charge is 0.550 e. The summed E-state index contributed by atoms with van der Waals surface area (Å²) < 4.78 is 5.05. The molecule has 0 spiro atoms. The molecule has 1 atom stereocenters. The van der Waals surface area contributed by atoms with Crippen LogP contribution in [0.3, 0.4) is 0 Å². The van der Waals surface area contributed by atoms with Gasteiger partial charge in [0, 0.05) is 12.4 Å². The fraction of sp³-hybridized carbons (Fsp3) is 0.214. The number of oxazole rings is 1. The summed E-state index contributed by atoms with van der Waals surface area (Å²) >= 11 is 0. The van der Waals surface area contributed by atoms with Gasteiger partial charge in [-0.05, 0) is 17.9 Å². The minimum Gasteiger partial charge on any atom is -0.550 e. The zero-order chi connectivity index (χ0) is 14.5. The molecule has 0 aliphatic rings. The second-order valence-corrected chi connectivity index (χ2v) is 4.32. The first-order valence-corrected chi connectivity index (χ1v) is 5.98. The first-order chi connectivity index (χ1) is 9.56. The molecule has 6 heteroatoms. The highest BCUT2D eigenvalue weighted by Crippen LogP contribution is 2.23. The number of carbonyl (C=O) groups is 2. The van der Waals surface area contributed by atoms with Gasteiger partial charge in [0.2, 0.25) is 0 Å². The third-order valence-electron chi connectivity index (χ3n) is 2.88. The van der Waals surface area contributed by atoms with Crippen LogP contribution in [0.15, 0.2) is 41.0 Å². The molecule has 1 N–H and O–H groups in total. The Labute approximate surface area is 114 Å². The van der Waals surface area contributed by atoms with Crippen LogP contribution in [0.2, 0.25) is 0 Å². The van der Waals surface area contributed by atoms with Crippen molar-refractivity contribution in [3.05, 3.63) is 53.7 Å². The fourth-order valence-electron chi connectivity index (χ4n) is 1.95. The highest BCUT2D eigenvalue weighted by molar-refractivity contribution is 5.84. The molecule has 0 fully saturated rings. The van der Waals surface area contributed by atoms with Gasteiger partial charge in [0.15, 0.2) is 11.6 Å². The third kappa shape index (κ3) is 3.44. The van der Waals surface area contributed by atoms with Crippen molar-refractivity contribution in [2.45, 2.75) is 18.8 Å². The minimum atomic E-state index is -1.18. The Hall–Kier alpha value is -2.63. The monoisotopic (exact) mass is 274 g/mol. The summed E-state index contributed by atoms with van der Waals surface area (Å²) in [5.74, 6) is -2.54. The van der Waals surface area contributed by atoms with E-state index in [1.165, 1.54) is 0 Å². The van der Waals surface area contributed by atoms with E-state index in [0.29, 0.717) is 0 Å². The molecule has 0 aliphatic carbocycles. The topological polar surface area (TPSA) is 103 Å². The molecule has 1 aromatic heterocycles. The van der Waals surface area contributed by atoms with Gasteiger partial charge in [-0.25, -0.2) is 9.78 Å². The predicted octanol–water partition coefficient (Wildman–Crippen LogP) is 0.839. The average Bonchev–Trinajstić information content (AvgIpc) is 2.87. The van der Waals surface area contributed by atoms with Crippen LogP contribution in [-0.2, 0) is 11.2 Å². The molecule has 104 valence electrons. The van der Waals surface area contributed by atoms with E-state index in [0.717, 1.165) is 11.8 Å². The first-order valence-electron chi connectivity index (χ1n) is 5.98. The minimum absolute atomic E-state index is 0.186. The third-order valence-corrected chi connectivity index (χ3v) is 2.88. The maximum atomic E-state index is 10.8. The van der Waals surface area contributed by atoms with Crippen LogP contribution in [0.25, 0.3) is 0 Å². The molecule has 2 aromatic rings. The highest BCUT2D eigenvalue weighted by atomic mass is 16.4. The Bertz CT molecular complexity index is 605. The first kappa shape index (κ1) is 13.8. The molecular weight excluding hydrogens is 262 g/mol. The van der Waals surface area contributed by atoms with Gasteiger partial charge in [-0.3, -0.25) is 0 Å². The zero-order valence-corrected chi connectivity index (χ0v) is 10.5. The number of carbonyl (C=O) groups excluding carboxylic acids is 1. The molecule has 0 bridgehead atoms. The molecular formula is C14H12NO5-. The van der Waals surface area contributed by atoms with Crippen LogP contribution < -0.4 is 5.11 Å². The van der Waals surface area contributed by atoms with Crippen molar-refractivity contribution >= 4 is 11.9 Å². The summed E-state index contributed by atoms with van der Waals surface area (Å²) in [5.41, 5.74) is 0.618. The summed E-state index contributed by atoms with van der Waals surface area (Å²) in [6.45, 7) is 0. The van der Waals surface area contributed by atoms with Crippen LogP contribution in [0.4, 0.5) is 0 Å². The summed E-state index contributed by atoms with van der Waals surface area (Å²) in [6, 6.07) is 9.03. The number of carboxylic acid groups (broad SMARTS) is 2. The number of aromatic carboxylic acids is 1. The van der Waals surface area contributed by atoms with Gasteiger partial charge < -0.3 is 19.4 Å². The number of aromatic nitrogens is 1. The van der Waals surface area contributed by atoms with Crippen molar-refractivity contribution in [3.8, 4) is 0 Å². The second-order valence-electron chi connectivity index (χ2n) is 4.32. The number of rotatable bonds is 6. The summed E-state index contributed by atoms with van der Waals surface area (Å²) in [5, 5.41) is 19.6. The summed E-state index contributed by atoms with van der Waals surface area (Å²) in [6.07, 6.45) is 1.05. The van der Waals surface area contributed by atoms with Crippen LogP contribution >= 0.6 is 0 Å². The molecule has 2 rings (SSSR count). The lowest BCUT2D eigenvalue weighted by atomic mass is 9.92. The van der Waals surface area contributed by atoms with Gasteiger partial charge >= 0.3 is 5.97 Å². The quantitative estimate of drug-likeness (QED) is 0.837. The molecule has 0 saturated heterocycles. The smallest absolute Gasteiger partial charge is 0.357 e. The van der Waals surface area contributed by atoms with Crippen molar-refractivity contribution in [2.75, 3.05) is 0 Å². The molecule has 0 aliphatic heterocycles. The van der Waals surface area contributed by atoms with Crippen molar-refractivity contribution in [1.29, 1.82) is 0 Å². The molecule has 1 unspecified atom stereocenters. The van der Waals surface area contributed by atoms with Gasteiger partial charge in [0.1, 0.15) is 6.26 Å². The van der Waals surface area contributed by atoms with Crippen molar-refractivity contribution in [1.82, 2.24) is 4.98 Å². The van der Waals surface area contributed by atoms with Crippen LogP contribution in [0, 0.1) is 0 Å². The maximum absolute atomic E-state index is 10.8. The lowest BCUT2D eigenvalue weighted by Gasteiger charge is -2.16. The van der Waals surface area contributed by atoms with Crippen molar-refractivity contribution in [3.63, 3.8) is 0 Å². The SMILES string of the molecule is O=C([O-])CC(Cc1nc(C(=O)O)co1)c1ccccc1. The Balaban J connectivity index is 2.19. The number of hydrogen-bond acceptors (Lipinski definition) is 5. The lowest BCUT2D eigenvalue weighted by molar-refractivity contribution is -0.306. The van der Waals surface area contributed by atoms with E-state index in [2.05, 4.69) is 4.98 Å². The van der Waals surface area contributed by atoms with Crippen molar-refractivity contribution < 1.29 is 24.2 Å².